The quantitative estimate of drug-likeness (QED) is 0.826. The number of hydrogen-bond acceptors (Lipinski definition) is 4. The molecule has 4 heteroatoms. The van der Waals surface area contributed by atoms with Crippen LogP contribution in [0.5, 0.6) is 5.75 Å². The second-order valence-corrected chi connectivity index (χ2v) is 5.91. The molecule has 1 unspecified atom stereocenters. The fourth-order valence-electron chi connectivity index (χ4n) is 2.73. The molecule has 0 amide bonds. The Kier molecular flexibility index (Phi) is 5.40. The maximum Gasteiger partial charge on any atom is 0.119 e. The van der Waals surface area contributed by atoms with Crippen LogP contribution in [0.25, 0.3) is 0 Å². The van der Waals surface area contributed by atoms with Gasteiger partial charge in [0.25, 0.3) is 0 Å². The van der Waals surface area contributed by atoms with Crippen molar-refractivity contribution in [2.75, 3.05) is 32.8 Å². The molecular weight excluding hydrogens is 252 g/mol. The number of nitrogens with zero attached hydrogens (tertiary/aromatic N) is 1. The summed E-state index contributed by atoms with van der Waals surface area (Å²) in [4.78, 5) is 2.27. The van der Waals surface area contributed by atoms with E-state index in [0.29, 0.717) is 13.2 Å². The first-order valence-electron chi connectivity index (χ1n) is 7.46. The first-order valence-corrected chi connectivity index (χ1v) is 7.46. The molecule has 0 aromatic heterocycles. The van der Waals surface area contributed by atoms with Crippen LogP contribution in [-0.2, 0) is 6.42 Å². The van der Waals surface area contributed by atoms with Gasteiger partial charge in [0.05, 0.1) is 5.60 Å². The molecule has 1 atom stereocenters. The molecule has 2 rings (SSSR count). The van der Waals surface area contributed by atoms with Crippen LogP contribution in [0.1, 0.15) is 25.3 Å². The van der Waals surface area contributed by atoms with Crippen LogP contribution in [0.4, 0.5) is 0 Å². The Balaban J connectivity index is 1.72. The lowest BCUT2D eigenvalue weighted by Gasteiger charge is -2.36. The molecule has 0 radical (unpaired) electrons. The zero-order chi connectivity index (χ0) is 14.4. The lowest BCUT2D eigenvalue weighted by Crippen LogP contribution is -2.47. The van der Waals surface area contributed by atoms with Crippen molar-refractivity contribution in [1.82, 2.24) is 4.90 Å². The molecule has 1 aromatic rings. The monoisotopic (exact) mass is 278 g/mol. The molecule has 1 aliphatic rings. The van der Waals surface area contributed by atoms with E-state index in [1.807, 2.05) is 19.1 Å². The smallest absolute Gasteiger partial charge is 0.119 e. The topological polar surface area (TPSA) is 58.7 Å². The highest BCUT2D eigenvalue weighted by molar-refractivity contribution is 5.27. The maximum atomic E-state index is 10.0. The Morgan fingerprint density at radius 3 is 2.75 bits per heavy atom. The summed E-state index contributed by atoms with van der Waals surface area (Å²) in [5.41, 5.74) is 6.23. The molecular formula is C16H26N2O2. The molecule has 1 aliphatic heterocycles. The van der Waals surface area contributed by atoms with Gasteiger partial charge in [0.2, 0.25) is 0 Å². The van der Waals surface area contributed by atoms with Gasteiger partial charge in [-0.1, -0.05) is 12.1 Å². The highest BCUT2D eigenvalue weighted by Crippen LogP contribution is 2.20. The summed E-state index contributed by atoms with van der Waals surface area (Å²) in [6.45, 7) is 5.90. The number of benzene rings is 1. The number of nitrogens with two attached hydrogens (primary N) is 1. The Labute approximate surface area is 121 Å². The number of aliphatic hydroxyl groups is 1. The van der Waals surface area contributed by atoms with Gasteiger partial charge in [-0.3, -0.25) is 4.90 Å². The fourth-order valence-corrected chi connectivity index (χ4v) is 2.73. The van der Waals surface area contributed by atoms with Gasteiger partial charge < -0.3 is 15.6 Å². The zero-order valence-electron chi connectivity index (χ0n) is 12.3. The van der Waals surface area contributed by atoms with E-state index in [2.05, 4.69) is 17.0 Å². The molecule has 1 fully saturated rings. The van der Waals surface area contributed by atoms with Crippen molar-refractivity contribution in [2.24, 2.45) is 5.73 Å². The minimum absolute atomic E-state index is 0.540. The molecule has 20 heavy (non-hydrogen) atoms. The molecule has 0 spiro atoms. The predicted octanol–water partition coefficient (Wildman–Crippen LogP) is 1.41. The SMILES string of the molecule is CC1(O)CCCN(CCOc2ccc(CCN)cc2)C1. The van der Waals surface area contributed by atoms with Gasteiger partial charge in [0.15, 0.2) is 0 Å². The summed E-state index contributed by atoms with van der Waals surface area (Å²) < 4.78 is 5.76. The third-order valence-corrected chi connectivity index (χ3v) is 3.79. The van der Waals surface area contributed by atoms with Gasteiger partial charge in [-0.2, -0.15) is 0 Å². The molecule has 1 heterocycles. The van der Waals surface area contributed by atoms with Crippen LogP contribution in [0.3, 0.4) is 0 Å². The van der Waals surface area contributed by atoms with Crippen LogP contribution >= 0.6 is 0 Å². The van der Waals surface area contributed by atoms with Crippen molar-refractivity contribution in [3.05, 3.63) is 29.8 Å². The molecule has 3 N–H and O–H groups in total. The van der Waals surface area contributed by atoms with Crippen molar-refractivity contribution in [2.45, 2.75) is 31.8 Å². The molecule has 0 aliphatic carbocycles. The van der Waals surface area contributed by atoms with Crippen LogP contribution < -0.4 is 10.5 Å². The number of piperidine rings is 1. The maximum absolute atomic E-state index is 10.0. The third-order valence-electron chi connectivity index (χ3n) is 3.79. The van der Waals surface area contributed by atoms with E-state index < -0.39 is 5.60 Å². The Morgan fingerprint density at radius 1 is 1.35 bits per heavy atom. The Morgan fingerprint density at radius 2 is 2.10 bits per heavy atom. The number of rotatable bonds is 6. The summed E-state index contributed by atoms with van der Waals surface area (Å²) in [5.74, 6) is 0.898. The van der Waals surface area contributed by atoms with Crippen molar-refractivity contribution >= 4 is 0 Å². The lowest BCUT2D eigenvalue weighted by molar-refractivity contribution is -0.0183. The van der Waals surface area contributed by atoms with E-state index in [1.165, 1.54) is 5.56 Å². The minimum Gasteiger partial charge on any atom is -0.492 e. The molecule has 0 saturated carbocycles. The van der Waals surface area contributed by atoms with Gasteiger partial charge >= 0.3 is 0 Å². The van der Waals surface area contributed by atoms with Gasteiger partial charge in [-0.25, -0.2) is 0 Å². The lowest BCUT2D eigenvalue weighted by atomic mass is 9.95. The van der Waals surface area contributed by atoms with Gasteiger partial charge in [-0.15, -0.1) is 0 Å². The number of hydrogen-bond donors (Lipinski definition) is 2. The fraction of sp³-hybridized carbons (Fsp3) is 0.625. The van der Waals surface area contributed by atoms with Crippen LogP contribution in [-0.4, -0.2) is 48.4 Å². The molecule has 1 saturated heterocycles. The van der Waals surface area contributed by atoms with Crippen LogP contribution in [0.2, 0.25) is 0 Å². The standard InChI is InChI=1S/C16H26N2O2/c1-16(19)8-2-10-18(13-16)11-12-20-15-5-3-14(4-6-15)7-9-17/h3-6,19H,2,7-13,17H2,1H3. The normalized spacial score (nSPS) is 23.8. The molecule has 112 valence electrons. The van der Waals surface area contributed by atoms with E-state index in [1.54, 1.807) is 0 Å². The first-order chi connectivity index (χ1) is 9.59. The van der Waals surface area contributed by atoms with Gasteiger partial charge in [0.1, 0.15) is 12.4 Å². The van der Waals surface area contributed by atoms with Crippen molar-refractivity contribution in [3.63, 3.8) is 0 Å². The summed E-state index contributed by atoms with van der Waals surface area (Å²) >= 11 is 0. The average Bonchev–Trinajstić information content (AvgIpc) is 2.40. The molecule has 0 bridgehead atoms. The first kappa shape index (κ1) is 15.3. The molecule has 4 nitrogen and oxygen atoms in total. The minimum atomic E-state index is -0.540. The van der Waals surface area contributed by atoms with E-state index in [4.69, 9.17) is 10.5 Å². The third kappa shape index (κ3) is 4.78. The summed E-state index contributed by atoms with van der Waals surface area (Å²) in [6, 6.07) is 8.12. The highest BCUT2D eigenvalue weighted by atomic mass is 16.5. The molecule has 1 aromatic carbocycles. The van der Waals surface area contributed by atoms with Gasteiger partial charge in [-0.05, 0) is 57.0 Å². The van der Waals surface area contributed by atoms with Gasteiger partial charge in [0, 0.05) is 13.1 Å². The summed E-state index contributed by atoms with van der Waals surface area (Å²) in [5, 5.41) is 10.0. The Bertz CT molecular complexity index is 403. The number of ether oxygens (including phenoxy) is 1. The van der Waals surface area contributed by atoms with E-state index in [-0.39, 0.29) is 0 Å². The van der Waals surface area contributed by atoms with E-state index in [0.717, 1.165) is 44.6 Å². The number of β-amino-alcohol motifs (C(OH)–C–C–N with tert-alkyl or cyclic N) is 1. The van der Waals surface area contributed by atoms with Crippen LogP contribution in [0, 0.1) is 0 Å². The summed E-state index contributed by atoms with van der Waals surface area (Å²) in [6.07, 6.45) is 2.86. The predicted molar refractivity (Wildman–Crippen MR) is 81.0 cm³/mol. The summed E-state index contributed by atoms with van der Waals surface area (Å²) in [7, 11) is 0. The Hall–Kier alpha value is -1.10. The van der Waals surface area contributed by atoms with Crippen molar-refractivity contribution in [1.29, 1.82) is 0 Å². The van der Waals surface area contributed by atoms with Crippen molar-refractivity contribution < 1.29 is 9.84 Å². The largest absolute Gasteiger partial charge is 0.492 e. The average molecular weight is 278 g/mol. The highest BCUT2D eigenvalue weighted by Gasteiger charge is 2.27. The second-order valence-electron chi connectivity index (χ2n) is 5.91. The number of likely N-dealkylation sites (tertiary alicyclic amines) is 1. The van der Waals surface area contributed by atoms with Crippen LogP contribution in [0.15, 0.2) is 24.3 Å². The van der Waals surface area contributed by atoms with E-state index in [9.17, 15) is 5.11 Å². The van der Waals surface area contributed by atoms with E-state index >= 15 is 0 Å². The second kappa shape index (κ2) is 7.07. The zero-order valence-corrected chi connectivity index (χ0v) is 12.3. The van der Waals surface area contributed by atoms with Crippen molar-refractivity contribution in [3.8, 4) is 5.75 Å².